The van der Waals surface area contributed by atoms with Crippen molar-refractivity contribution in [3.05, 3.63) is 64.2 Å². The molecule has 1 N–H and O–H groups in total. The molecule has 1 aliphatic rings. The number of nitro groups is 1. The normalized spacial score (nSPS) is 18.5. The number of hydrogen-bond donors (Lipinski definition) is 1. The number of para-hydroxylation sites is 1. The van der Waals surface area contributed by atoms with Gasteiger partial charge in [-0.3, -0.25) is 10.1 Å². The summed E-state index contributed by atoms with van der Waals surface area (Å²) in [5.41, 5.74) is 4.64. The lowest BCUT2D eigenvalue weighted by Gasteiger charge is -2.19. The van der Waals surface area contributed by atoms with Crippen molar-refractivity contribution in [3.63, 3.8) is 0 Å². The highest BCUT2D eigenvalue weighted by atomic mass is 32.2. The Morgan fingerprint density at radius 1 is 1.26 bits per heavy atom. The largest absolute Gasteiger partial charge is 0.339 e. The molecule has 1 fully saturated rings. The van der Waals surface area contributed by atoms with Gasteiger partial charge in [0.15, 0.2) is 9.84 Å². The van der Waals surface area contributed by atoms with E-state index in [9.17, 15) is 18.5 Å². The molecule has 27 heavy (non-hydrogen) atoms. The molecule has 1 saturated heterocycles. The highest BCUT2D eigenvalue weighted by Gasteiger charge is 2.27. The lowest BCUT2D eigenvalue weighted by atomic mass is 10.1. The Hall–Kier alpha value is -2.94. The number of benzene rings is 2. The molecule has 8 nitrogen and oxygen atoms in total. The molecule has 2 aromatic rings. The Balaban J connectivity index is 1.77. The molecule has 9 heteroatoms. The second-order valence-corrected chi connectivity index (χ2v) is 8.62. The van der Waals surface area contributed by atoms with Gasteiger partial charge in [0.1, 0.15) is 5.69 Å². The summed E-state index contributed by atoms with van der Waals surface area (Å²) in [5.74, 6) is 0.220. The second kappa shape index (κ2) is 7.75. The van der Waals surface area contributed by atoms with Crippen molar-refractivity contribution < 1.29 is 13.3 Å². The zero-order chi connectivity index (χ0) is 19.4. The molecular weight excluding hydrogens is 368 g/mol. The summed E-state index contributed by atoms with van der Waals surface area (Å²) >= 11 is 0. The summed E-state index contributed by atoms with van der Waals surface area (Å²) in [5, 5.41) is 15.6. The number of nitrogens with zero attached hydrogens (tertiary/aromatic N) is 3. The predicted octanol–water partition coefficient (Wildman–Crippen LogP) is 2.47. The first-order chi connectivity index (χ1) is 12.9. The number of hydrogen-bond acceptors (Lipinski definition) is 7. The number of hydrazone groups is 1. The lowest BCUT2D eigenvalue weighted by molar-refractivity contribution is -0.384. The fourth-order valence-corrected chi connectivity index (χ4v) is 4.62. The predicted molar refractivity (Wildman–Crippen MR) is 105 cm³/mol. The van der Waals surface area contributed by atoms with Crippen LogP contribution in [0.2, 0.25) is 0 Å². The number of anilines is 2. The van der Waals surface area contributed by atoms with E-state index in [1.54, 1.807) is 24.1 Å². The second-order valence-electron chi connectivity index (χ2n) is 6.39. The molecule has 0 unspecified atom stereocenters. The number of sulfone groups is 1. The van der Waals surface area contributed by atoms with Crippen molar-refractivity contribution >= 4 is 33.1 Å². The van der Waals surface area contributed by atoms with Crippen LogP contribution in [0.3, 0.4) is 0 Å². The highest BCUT2D eigenvalue weighted by Crippen LogP contribution is 2.32. The molecule has 1 heterocycles. The van der Waals surface area contributed by atoms with Crippen LogP contribution in [0.1, 0.15) is 12.0 Å². The van der Waals surface area contributed by atoms with Crippen LogP contribution in [-0.2, 0) is 9.84 Å². The van der Waals surface area contributed by atoms with Crippen LogP contribution in [0.15, 0.2) is 53.6 Å². The van der Waals surface area contributed by atoms with Gasteiger partial charge in [0.2, 0.25) is 0 Å². The summed E-state index contributed by atoms with van der Waals surface area (Å²) in [4.78, 5) is 12.8. The molecule has 0 bridgehead atoms. The third-order valence-corrected chi connectivity index (χ3v) is 6.17. The van der Waals surface area contributed by atoms with E-state index in [1.807, 2.05) is 30.3 Å². The maximum Gasteiger partial charge on any atom is 0.293 e. The van der Waals surface area contributed by atoms with Crippen LogP contribution in [-0.4, -0.2) is 44.2 Å². The maximum absolute atomic E-state index is 11.5. The third kappa shape index (κ3) is 4.62. The van der Waals surface area contributed by atoms with Gasteiger partial charge in [-0.2, -0.15) is 5.10 Å². The van der Waals surface area contributed by atoms with E-state index in [0.29, 0.717) is 17.7 Å². The van der Waals surface area contributed by atoms with Gasteiger partial charge in [0.05, 0.1) is 28.7 Å². The van der Waals surface area contributed by atoms with Gasteiger partial charge >= 0.3 is 0 Å². The molecule has 0 saturated carbocycles. The maximum atomic E-state index is 11.5. The monoisotopic (exact) mass is 388 g/mol. The molecule has 0 radical (unpaired) electrons. The summed E-state index contributed by atoms with van der Waals surface area (Å²) in [6, 6.07) is 14.0. The standard InChI is InChI=1S/C18H20N4O4S/c1-21(16-5-3-2-4-6-16)17-8-7-14(11-18(17)22(23)24)12-19-20-15-9-10-27(25,26)13-15/h2-8,11-12,15,20H,9-10,13H2,1H3/b19-12-/t15-/m1/s1. The fraction of sp³-hybridized carbons (Fsp3) is 0.278. The van der Waals surface area contributed by atoms with E-state index in [0.717, 1.165) is 5.69 Å². The molecule has 0 spiro atoms. The minimum atomic E-state index is -2.98. The molecule has 3 rings (SSSR count). The van der Waals surface area contributed by atoms with E-state index in [1.165, 1.54) is 12.3 Å². The van der Waals surface area contributed by atoms with E-state index >= 15 is 0 Å². The molecule has 2 aromatic carbocycles. The number of nitro benzene ring substituents is 1. The van der Waals surface area contributed by atoms with Gasteiger partial charge in [-0.05, 0) is 24.6 Å². The Morgan fingerprint density at radius 2 is 2.00 bits per heavy atom. The minimum Gasteiger partial charge on any atom is -0.339 e. The fourth-order valence-electron chi connectivity index (χ4n) is 2.96. The van der Waals surface area contributed by atoms with Gasteiger partial charge in [-0.15, -0.1) is 0 Å². The van der Waals surface area contributed by atoms with Crippen LogP contribution in [0.4, 0.5) is 17.1 Å². The van der Waals surface area contributed by atoms with Crippen molar-refractivity contribution in [2.45, 2.75) is 12.5 Å². The van der Waals surface area contributed by atoms with E-state index in [4.69, 9.17) is 0 Å². The highest BCUT2D eigenvalue weighted by molar-refractivity contribution is 7.91. The topological polar surface area (TPSA) is 105 Å². The average Bonchev–Trinajstić information content (AvgIpc) is 3.00. The number of nitrogens with one attached hydrogen (secondary N) is 1. The Bertz CT molecular complexity index is 961. The average molecular weight is 388 g/mol. The van der Waals surface area contributed by atoms with Crippen LogP contribution in [0.25, 0.3) is 0 Å². The molecule has 0 aromatic heterocycles. The summed E-state index contributed by atoms with van der Waals surface area (Å²) < 4.78 is 22.9. The first-order valence-electron chi connectivity index (χ1n) is 8.42. The van der Waals surface area contributed by atoms with Gasteiger partial charge in [0.25, 0.3) is 5.69 Å². The summed E-state index contributed by atoms with van der Waals surface area (Å²) in [6.45, 7) is 0. The van der Waals surface area contributed by atoms with Crippen molar-refractivity contribution in [1.82, 2.24) is 5.43 Å². The van der Waals surface area contributed by atoms with Crippen LogP contribution < -0.4 is 10.3 Å². The van der Waals surface area contributed by atoms with E-state index in [2.05, 4.69) is 10.5 Å². The Morgan fingerprint density at radius 3 is 2.63 bits per heavy atom. The zero-order valence-electron chi connectivity index (χ0n) is 14.8. The van der Waals surface area contributed by atoms with Crippen molar-refractivity contribution in [3.8, 4) is 0 Å². The first kappa shape index (κ1) is 18.8. The molecule has 0 amide bonds. The van der Waals surface area contributed by atoms with Gasteiger partial charge in [0, 0.05) is 24.4 Å². The van der Waals surface area contributed by atoms with Crippen LogP contribution in [0, 0.1) is 10.1 Å². The zero-order valence-corrected chi connectivity index (χ0v) is 15.6. The van der Waals surface area contributed by atoms with Gasteiger partial charge in [-0.25, -0.2) is 8.42 Å². The van der Waals surface area contributed by atoms with Crippen molar-refractivity contribution in [2.24, 2.45) is 5.10 Å². The van der Waals surface area contributed by atoms with Crippen LogP contribution in [0.5, 0.6) is 0 Å². The Labute approximate surface area is 157 Å². The SMILES string of the molecule is CN(c1ccccc1)c1ccc(/C=N\N[C@@H]2CCS(=O)(=O)C2)cc1[N+](=O)[O-]. The molecular formula is C18H20N4O4S. The van der Waals surface area contributed by atoms with E-state index < -0.39 is 14.8 Å². The minimum absolute atomic E-state index is 0.0336. The van der Waals surface area contributed by atoms with Crippen molar-refractivity contribution in [1.29, 1.82) is 0 Å². The smallest absolute Gasteiger partial charge is 0.293 e. The van der Waals surface area contributed by atoms with Crippen LogP contribution >= 0.6 is 0 Å². The molecule has 1 aliphatic heterocycles. The quantitative estimate of drug-likeness (QED) is 0.463. The molecule has 0 aliphatic carbocycles. The first-order valence-corrected chi connectivity index (χ1v) is 10.2. The summed E-state index contributed by atoms with van der Waals surface area (Å²) in [6.07, 6.45) is 1.98. The molecule has 142 valence electrons. The van der Waals surface area contributed by atoms with Gasteiger partial charge in [-0.1, -0.05) is 24.3 Å². The number of rotatable bonds is 6. The summed E-state index contributed by atoms with van der Waals surface area (Å²) in [7, 11) is -1.21. The van der Waals surface area contributed by atoms with E-state index in [-0.39, 0.29) is 23.2 Å². The molecule has 1 atom stereocenters. The van der Waals surface area contributed by atoms with Gasteiger partial charge < -0.3 is 10.3 Å². The van der Waals surface area contributed by atoms with Crippen molar-refractivity contribution in [2.75, 3.05) is 23.5 Å². The third-order valence-electron chi connectivity index (χ3n) is 4.40. The lowest BCUT2D eigenvalue weighted by Crippen LogP contribution is -2.25. The Kier molecular flexibility index (Phi) is 5.41.